The van der Waals surface area contributed by atoms with Gasteiger partial charge in [0.2, 0.25) is 5.75 Å². The Balaban J connectivity index is 3.33. The molecule has 19 heavy (non-hydrogen) atoms. The van der Waals surface area contributed by atoms with Crippen molar-refractivity contribution in [2.75, 3.05) is 27.9 Å². The van der Waals surface area contributed by atoms with Crippen LogP contribution in [0.4, 0.5) is 0 Å². The zero-order valence-electron chi connectivity index (χ0n) is 12.0. The normalized spacial score (nSPS) is 13.8. The maximum atomic E-state index is 9.19. The van der Waals surface area contributed by atoms with Crippen molar-refractivity contribution in [2.24, 2.45) is 5.73 Å². The van der Waals surface area contributed by atoms with Crippen LogP contribution in [0.25, 0.3) is 0 Å². The summed E-state index contributed by atoms with van der Waals surface area (Å²) in [6.45, 7) is 1.99. The molecule has 0 bridgehead atoms. The van der Waals surface area contributed by atoms with Crippen molar-refractivity contribution in [3.05, 3.63) is 17.7 Å². The van der Waals surface area contributed by atoms with E-state index in [1.165, 1.54) is 0 Å². The van der Waals surface area contributed by atoms with E-state index in [0.717, 1.165) is 5.56 Å². The highest BCUT2D eigenvalue weighted by Gasteiger charge is 2.24. The van der Waals surface area contributed by atoms with Crippen molar-refractivity contribution >= 4 is 0 Å². The first-order chi connectivity index (χ1) is 9.10. The first-order valence-electron chi connectivity index (χ1n) is 6.25. The molecule has 2 atom stereocenters. The lowest BCUT2D eigenvalue weighted by Crippen LogP contribution is -2.26. The van der Waals surface area contributed by atoms with E-state index in [9.17, 15) is 5.11 Å². The van der Waals surface area contributed by atoms with E-state index in [4.69, 9.17) is 19.9 Å². The van der Waals surface area contributed by atoms with Crippen molar-refractivity contribution in [2.45, 2.75) is 25.3 Å². The number of aliphatic hydroxyl groups excluding tert-OH is 1. The van der Waals surface area contributed by atoms with Crippen LogP contribution in [-0.2, 0) is 0 Å². The number of hydrogen-bond acceptors (Lipinski definition) is 5. The van der Waals surface area contributed by atoms with Gasteiger partial charge in [0.1, 0.15) is 0 Å². The van der Waals surface area contributed by atoms with Crippen molar-refractivity contribution < 1.29 is 19.3 Å². The van der Waals surface area contributed by atoms with Crippen LogP contribution in [0.5, 0.6) is 17.2 Å². The molecule has 1 aromatic carbocycles. The fourth-order valence-corrected chi connectivity index (χ4v) is 2.26. The summed E-state index contributed by atoms with van der Waals surface area (Å²) in [7, 11) is 4.72. The molecule has 0 radical (unpaired) electrons. The van der Waals surface area contributed by atoms with Crippen LogP contribution in [0.15, 0.2) is 12.1 Å². The molecule has 0 aliphatic rings. The van der Waals surface area contributed by atoms with Gasteiger partial charge in [-0.2, -0.15) is 0 Å². The summed E-state index contributed by atoms with van der Waals surface area (Å²) >= 11 is 0. The van der Waals surface area contributed by atoms with Gasteiger partial charge < -0.3 is 25.1 Å². The van der Waals surface area contributed by atoms with Gasteiger partial charge in [0, 0.05) is 24.1 Å². The lowest BCUT2D eigenvalue weighted by Gasteiger charge is -2.24. The molecule has 5 heteroatoms. The smallest absolute Gasteiger partial charge is 0.203 e. The number of methoxy groups -OCH3 is 3. The molecule has 2 unspecified atom stereocenters. The molecule has 108 valence electrons. The van der Waals surface area contributed by atoms with Gasteiger partial charge in [0.25, 0.3) is 0 Å². The van der Waals surface area contributed by atoms with E-state index in [2.05, 4.69) is 0 Å². The molecule has 0 saturated heterocycles. The van der Waals surface area contributed by atoms with Crippen molar-refractivity contribution in [3.63, 3.8) is 0 Å². The molecule has 0 saturated carbocycles. The Morgan fingerprint density at radius 2 is 1.74 bits per heavy atom. The minimum Gasteiger partial charge on any atom is -0.493 e. The third-order valence-corrected chi connectivity index (χ3v) is 3.21. The molecule has 0 aliphatic carbocycles. The van der Waals surface area contributed by atoms with Crippen LogP contribution in [0, 0.1) is 0 Å². The summed E-state index contributed by atoms with van der Waals surface area (Å²) in [5.74, 6) is 1.76. The summed E-state index contributed by atoms with van der Waals surface area (Å²) < 4.78 is 16.0. The van der Waals surface area contributed by atoms with Gasteiger partial charge in [-0.3, -0.25) is 0 Å². The standard InChI is InChI=1S/C14H23NO4/c1-9(15)10(7-8-16)11-5-6-12(17-2)14(19-4)13(11)18-3/h5-6,9-10,16H,7-8,15H2,1-4H3. The highest BCUT2D eigenvalue weighted by molar-refractivity contribution is 5.57. The van der Waals surface area contributed by atoms with E-state index in [1.54, 1.807) is 21.3 Å². The average Bonchev–Trinajstić information content (AvgIpc) is 2.42. The highest BCUT2D eigenvalue weighted by atomic mass is 16.5. The monoisotopic (exact) mass is 269 g/mol. The lowest BCUT2D eigenvalue weighted by atomic mass is 9.89. The molecule has 1 aromatic rings. The third kappa shape index (κ3) is 3.30. The van der Waals surface area contributed by atoms with Crippen LogP contribution < -0.4 is 19.9 Å². The summed E-state index contributed by atoms with van der Waals surface area (Å²) in [6.07, 6.45) is 0.573. The number of rotatable bonds is 7. The van der Waals surface area contributed by atoms with E-state index in [0.29, 0.717) is 23.7 Å². The molecular formula is C14H23NO4. The molecule has 3 N–H and O–H groups in total. The first kappa shape index (κ1) is 15.6. The molecule has 0 amide bonds. The second-order valence-corrected chi connectivity index (χ2v) is 4.40. The van der Waals surface area contributed by atoms with Crippen LogP contribution >= 0.6 is 0 Å². The van der Waals surface area contributed by atoms with Gasteiger partial charge in [0.15, 0.2) is 11.5 Å². The maximum Gasteiger partial charge on any atom is 0.203 e. The second-order valence-electron chi connectivity index (χ2n) is 4.40. The number of hydrogen-bond donors (Lipinski definition) is 2. The third-order valence-electron chi connectivity index (χ3n) is 3.21. The lowest BCUT2D eigenvalue weighted by molar-refractivity contribution is 0.265. The Kier molecular flexibility index (Phi) is 5.92. The largest absolute Gasteiger partial charge is 0.493 e. The second kappa shape index (κ2) is 7.21. The number of benzene rings is 1. The zero-order valence-corrected chi connectivity index (χ0v) is 12.0. The van der Waals surface area contributed by atoms with E-state index in [1.807, 2.05) is 19.1 Å². The minimum atomic E-state index is -0.0980. The van der Waals surface area contributed by atoms with Crippen LogP contribution in [0.1, 0.15) is 24.8 Å². The zero-order chi connectivity index (χ0) is 14.4. The Hall–Kier alpha value is -1.46. The van der Waals surface area contributed by atoms with Gasteiger partial charge >= 0.3 is 0 Å². The van der Waals surface area contributed by atoms with Gasteiger partial charge in [-0.25, -0.2) is 0 Å². The van der Waals surface area contributed by atoms with Crippen LogP contribution in [-0.4, -0.2) is 39.1 Å². The predicted molar refractivity (Wildman–Crippen MR) is 74.2 cm³/mol. The predicted octanol–water partition coefficient (Wildman–Crippen LogP) is 1.53. The molecule has 0 aliphatic heterocycles. The average molecular weight is 269 g/mol. The van der Waals surface area contributed by atoms with Crippen LogP contribution in [0.2, 0.25) is 0 Å². The minimum absolute atomic E-state index is 0.000226. The SMILES string of the molecule is COc1ccc(C(CCO)C(C)N)c(OC)c1OC. The summed E-state index contributed by atoms with van der Waals surface area (Å²) in [5.41, 5.74) is 6.92. The first-order valence-corrected chi connectivity index (χ1v) is 6.25. The highest BCUT2D eigenvalue weighted by Crippen LogP contribution is 2.43. The van der Waals surface area contributed by atoms with E-state index < -0.39 is 0 Å². The molecule has 0 aromatic heterocycles. The van der Waals surface area contributed by atoms with Gasteiger partial charge in [-0.05, 0) is 19.4 Å². The summed E-state index contributed by atoms with van der Waals surface area (Å²) in [6, 6.07) is 3.63. The topological polar surface area (TPSA) is 73.9 Å². The van der Waals surface area contributed by atoms with E-state index >= 15 is 0 Å². The molecular weight excluding hydrogens is 246 g/mol. The van der Waals surface area contributed by atoms with Gasteiger partial charge in [-0.15, -0.1) is 0 Å². The van der Waals surface area contributed by atoms with Crippen LogP contribution in [0.3, 0.4) is 0 Å². The number of ether oxygens (including phenoxy) is 3. The van der Waals surface area contributed by atoms with Crippen molar-refractivity contribution in [3.8, 4) is 17.2 Å². The Morgan fingerprint density at radius 3 is 2.16 bits per heavy atom. The van der Waals surface area contributed by atoms with Gasteiger partial charge in [-0.1, -0.05) is 6.07 Å². The molecule has 0 heterocycles. The van der Waals surface area contributed by atoms with Gasteiger partial charge in [0.05, 0.1) is 21.3 Å². The Bertz CT molecular complexity index is 407. The molecule has 5 nitrogen and oxygen atoms in total. The van der Waals surface area contributed by atoms with E-state index in [-0.39, 0.29) is 18.6 Å². The fourth-order valence-electron chi connectivity index (χ4n) is 2.26. The summed E-state index contributed by atoms with van der Waals surface area (Å²) in [5, 5.41) is 9.19. The fraction of sp³-hybridized carbons (Fsp3) is 0.571. The number of aliphatic hydroxyl groups is 1. The molecule has 0 fully saturated rings. The Morgan fingerprint density at radius 1 is 1.11 bits per heavy atom. The quantitative estimate of drug-likeness (QED) is 0.785. The maximum absolute atomic E-state index is 9.19. The van der Waals surface area contributed by atoms with Crippen molar-refractivity contribution in [1.82, 2.24) is 0 Å². The summed E-state index contributed by atoms with van der Waals surface area (Å²) in [4.78, 5) is 0. The molecule has 0 spiro atoms. The van der Waals surface area contributed by atoms with Crippen molar-refractivity contribution in [1.29, 1.82) is 0 Å². The number of nitrogens with two attached hydrogens (primary N) is 1. The molecule has 1 rings (SSSR count). The Labute approximate surface area is 114 Å².